The summed E-state index contributed by atoms with van der Waals surface area (Å²) < 4.78 is 31.0. The van der Waals surface area contributed by atoms with E-state index in [0.29, 0.717) is 30.7 Å². The van der Waals surface area contributed by atoms with E-state index < -0.39 is 21.9 Å². The third kappa shape index (κ3) is 7.78. The van der Waals surface area contributed by atoms with E-state index in [4.69, 9.17) is 20.0 Å². The van der Waals surface area contributed by atoms with E-state index >= 15 is 0 Å². The number of pyridine rings is 1. The number of hydrogen-bond donors (Lipinski definition) is 4. The van der Waals surface area contributed by atoms with Crippen molar-refractivity contribution in [3.8, 4) is 6.07 Å². The van der Waals surface area contributed by atoms with Crippen LogP contribution in [0.25, 0.3) is 0 Å². The molecular weight excluding hydrogens is 504 g/mol. The highest BCUT2D eigenvalue weighted by atomic mass is 32.2. The summed E-state index contributed by atoms with van der Waals surface area (Å²) in [5.41, 5.74) is 1.27. The molecule has 2 amide bonds. The molecule has 190 valence electrons. The van der Waals surface area contributed by atoms with Gasteiger partial charge in [-0.2, -0.15) is 13.7 Å². The van der Waals surface area contributed by atoms with Crippen molar-refractivity contribution >= 4 is 45.1 Å². The Labute approximate surface area is 211 Å². The Hall–Kier alpha value is -4.94. The predicted octanol–water partition coefficient (Wildman–Crippen LogP) is 1.52. The summed E-state index contributed by atoms with van der Waals surface area (Å²) in [6, 6.07) is 11.8. The van der Waals surface area contributed by atoms with Crippen LogP contribution in [-0.4, -0.2) is 65.2 Å². The van der Waals surface area contributed by atoms with E-state index in [-0.39, 0.29) is 23.2 Å². The van der Waals surface area contributed by atoms with E-state index in [1.54, 1.807) is 29.2 Å². The van der Waals surface area contributed by atoms with E-state index in [0.717, 1.165) is 5.69 Å². The normalized spacial score (nSPS) is 12.5. The third-order valence-corrected chi connectivity index (χ3v) is 4.50. The maximum Gasteiger partial charge on any atom is 0.289 e. The monoisotopic (exact) mass is 524 g/mol. The molecule has 0 atom stereocenters. The average molecular weight is 525 g/mol. The number of carbonyl (C=O) groups is 2. The van der Waals surface area contributed by atoms with E-state index in [1.807, 2.05) is 6.07 Å². The number of anilines is 3. The molecule has 1 saturated heterocycles. The minimum atomic E-state index is -3.67. The molecule has 1 aliphatic rings. The second-order valence-corrected chi connectivity index (χ2v) is 8.76. The molecule has 0 radical (unpaired) electrons. The van der Waals surface area contributed by atoms with Crippen molar-refractivity contribution in [2.75, 3.05) is 34.9 Å². The lowest BCUT2D eigenvalue weighted by atomic mass is 10.2. The van der Waals surface area contributed by atoms with Crippen molar-refractivity contribution in [2.24, 2.45) is 0 Å². The van der Waals surface area contributed by atoms with Gasteiger partial charge in [-0.25, -0.2) is 15.0 Å². The third-order valence-electron chi connectivity index (χ3n) is 4.50. The first kappa shape index (κ1) is 26.7. The van der Waals surface area contributed by atoms with Crippen molar-refractivity contribution in [1.82, 2.24) is 15.0 Å². The van der Waals surface area contributed by atoms with Gasteiger partial charge < -0.3 is 15.4 Å². The quantitative estimate of drug-likeness (QED) is 0.351. The first-order chi connectivity index (χ1) is 17.5. The van der Waals surface area contributed by atoms with Gasteiger partial charge in [0.25, 0.3) is 28.0 Å². The van der Waals surface area contributed by atoms with Crippen molar-refractivity contribution in [1.29, 1.82) is 10.7 Å². The van der Waals surface area contributed by atoms with Gasteiger partial charge in [0.1, 0.15) is 18.5 Å². The minimum absolute atomic E-state index is 0.0775. The molecule has 0 unspecified atom stereocenters. The van der Waals surface area contributed by atoms with Crippen molar-refractivity contribution in [3.05, 3.63) is 71.9 Å². The Balaban J connectivity index is 0.000000695. The summed E-state index contributed by atoms with van der Waals surface area (Å²) in [7, 11) is -3.67. The van der Waals surface area contributed by atoms with Gasteiger partial charge in [-0.15, -0.1) is 0 Å². The van der Waals surface area contributed by atoms with Gasteiger partial charge in [0.2, 0.25) is 0 Å². The van der Waals surface area contributed by atoms with Crippen LogP contribution in [-0.2, 0) is 14.9 Å². The molecule has 2 aromatic heterocycles. The number of aromatic nitrogens is 3. The molecule has 14 nitrogen and oxygen atoms in total. The zero-order chi connectivity index (χ0) is 27.0. The number of nitrogens with one attached hydrogen (secondary N) is 3. The van der Waals surface area contributed by atoms with E-state index in [9.17, 15) is 18.0 Å². The number of rotatable bonds is 5. The number of amides is 2. The highest BCUT2D eigenvalue weighted by molar-refractivity contribution is 7.85. The fourth-order valence-electron chi connectivity index (χ4n) is 2.95. The van der Waals surface area contributed by atoms with Crippen LogP contribution < -0.4 is 15.5 Å². The van der Waals surface area contributed by atoms with Crippen LogP contribution in [0.2, 0.25) is 0 Å². The van der Waals surface area contributed by atoms with Gasteiger partial charge in [0, 0.05) is 30.0 Å². The van der Waals surface area contributed by atoms with Crippen molar-refractivity contribution in [2.45, 2.75) is 0 Å². The van der Waals surface area contributed by atoms with Gasteiger partial charge in [-0.3, -0.25) is 24.5 Å². The molecule has 1 fully saturated rings. The molecule has 4 N–H and O–H groups in total. The molecule has 1 aliphatic heterocycles. The summed E-state index contributed by atoms with van der Waals surface area (Å²) >= 11 is 0. The maximum absolute atomic E-state index is 12.8. The molecular formula is C22H20N8O6S. The Morgan fingerprint density at radius 3 is 2.14 bits per heavy atom. The lowest BCUT2D eigenvalue weighted by Crippen LogP contribution is -2.24. The standard InChI is InChI=1S/C21H16N8O3.CH4O3S/c22-11-13-1-6-16(26-12-13)28-20(31)18-17(24-7-8-25-18)19(30)27-14-2-4-15(5-3-14)29-9-10-32-21(29)23;1-5(2,3)4/h1-8,12,23H,9-10H2,(H,27,30)(H,26,28,31);1H3,(H,2,3,4). The zero-order valence-electron chi connectivity index (χ0n) is 19.2. The second-order valence-electron chi connectivity index (χ2n) is 7.29. The van der Waals surface area contributed by atoms with Crippen LogP contribution in [0.15, 0.2) is 55.0 Å². The summed E-state index contributed by atoms with van der Waals surface area (Å²) in [6.45, 7) is 1.03. The first-order valence-electron chi connectivity index (χ1n) is 10.4. The molecule has 4 rings (SSSR count). The van der Waals surface area contributed by atoms with Gasteiger partial charge in [0.15, 0.2) is 11.4 Å². The van der Waals surface area contributed by atoms with Gasteiger partial charge >= 0.3 is 0 Å². The van der Waals surface area contributed by atoms with Crippen LogP contribution >= 0.6 is 0 Å². The molecule has 15 heteroatoms. The van der Waals surface area contributed by atoms with Gasteiger partial charge in [0.05, 0.1) is 18.4 Å². The van der Waals surface area contributed by atoms with E-state index in [1.165, 1.54) is 30.7 Å². The van der Waals surface area contributed by atoms with Gasteiger partial charge in [-0.1, -0.05) is 0 Å². The molecule has 37 heavy (non-hydrogen) atoms. The number of carbonyl (C=O) groups excluding carboxylic acids is 2. The Morgan fingerprint density at radius 1 is 1.05 bits per heavy atom. The molecule has 0 spiro atoms. The maximum atomic E-state index is 12.8. The average Bonchev–Trinajstić information content (AvgIpc) is 3.29. The molecule has 3 aromatic rings. The highest BCUT2D eigenvalue weighted by Crippen LogP contribution is 2.21. The molecule has 1 aromatic carbocycles. The van der Waals surface area contributed by atoms with Crippen molar-refractivity contribution in [3.63, 3.8) is 0 Å². The Morgan fingerprint density at radius 2 is 1.65 bits per heavy atom. The lowest BCUT2D eigenvalue weighted by molar-refractivity contribution is 0.0982. The topological polar surface area (TPSA) is 211 Å². The van der Waals surface area contributed by atoms with Crippen LogP contribution in [0.3, 0.4) is 0 Å². The summed E-state index contributed by atoms with van der Waals surface area (Å²) in [4.78, 5) is 39.1. The smallest absolute Gasteiger partial charge is 0.289 e. The summed E-state index contributed by atoms with van der Waals surface area (Å²) in [6.07, 6.45) is 4.65. The number of amidine groups is 1. The SMILES string of the molecule is CS(=O)(=O)O.N#Cc1ccc(NC(=O)c2nccnc2C(=O)Nc2ccc(N3CCOC3=N)cc2)nc1. The number of hydrogen-bond acceptors (Lipinski definition) is 10. The lowest BCUT2D eigenvalue weighted by Gasteiger charge is -2.15. The zero-order valence-corrected chi connectivity index (χ0v) is 20.1. The fraction of sp³-hybridized carbons (Fsp3) is 0.136. The predicted molar refractivity (Wildman–Crippen MR) is 132 cm³/mol. The minimum Gasteiger partial charge on any atom is -0.463 e. The Kier molecular flexibility index (Phi) is 8.40. The largest absolute Gasteiger partial charge is 0.463 e. The van der Waals surface area contributed by atoms with Crippen molar-refractivity contribution < 1.29 is 27.3 Å². The number of nitrogens with zero attached hydrogens (tertiary/aromatic N) is 5. The van der Waals surface area contributed by atoms with Crippen LogP contribution in [0.5, 0.6) is 0 Å². The fourth-order valence-corrected chi connectivity index (χ4v) is 2.95. The summed E-state index contributed by atoms with van der Waals surface area (Å²) in [5, 5.41) is 21.8. The summed E-state index contributed by atoms with van der Waals surface area (Å²) in [5.74, 6) is -1.07. The number of ether oxygens (including phenoxy) is 1. The molecule has 0 aliphatic carbocycles. The number of nitriles is 1. The Bertz CT molecular complexity index is 1450. The molecule has 3 heterocycles. The van der Waals surface area contributed by atoms with Crippen LogP contribution in [0.4, 0.5) is 17.2 Å². The highest BCUT2D eigenvalue weighted by Gasteiger charge is 2.22. The van der Waals surface area contributed by atoms with E-state index in [2.05, 4.69) is 25.6 Å². The molecule has 0 saturated carbocycles. The second kappa shape index (κ2) is 11.7. The molecule has 0 bridgehead atoms. The van der Waals surface area contributed by atoms with Crippen LogP contribution in [0, 0.1) is 16.7 Å². The van der Waals surface area contributed by atoms with Crippen LogP contribution in [0.1, 0.15) is 26.5 Å². The van der Waals surface area contributed by atoms with Gasteiger partial charge in [-0.05, 0) is 36.4 Å². The number of benzene rings is 1. The first-order valence-corrected chi connectivity index (χ1v) is 12.2.